The van der Waals surface area contributed by atoms with E-state index in [1.807, 2.05) is 65.2 Å². The van der Waals surface area contributed by atoms with Crippen LogP contribution < -0.4 is 19.9 Å². The van der Waals surface area contributed by atoms with Crippen LogP contribution in [0.3, 0.4) is 0 Å². The number of rotatable bonds is 6. The monoisotopic (exact) mass is 430 g/mol. The number of carbonyl (C=O) groups is 1. The Balaban J connectivity index is 1.39. The zero-order valence-corrected chi connectivity index (χ0v) is 17.5. The number of aromatic nitrogens is 3. The first kappa shape index (κ1) is 19.9. The fraction of sp³-hybridized carbons (Fsp3) is 0.208. The number of carbonyl (C=O) groups excluding carboxylic acids is 1. The van der Waals surface area contributed by atoms with Crippen molar-refractivity contribution in [2.75, 3.05) is 13.2 Å². The zero-order chi connectivity index (χ0) is 22.1. The van der Waals surface area contributed by atoms with Crippen LogP contribution in [-0.4, -0.2) is 39.8 Å². The highest BCUT2D eigenvalue weighted by atomic mass is 16.6. The molecule has 0 bridgehead atoms. The fourth-order valence-corrected chi connectivity index (χ4v) is 3.58. The first-order valence-electron chi connectivity index (χ1n) is 10.4. The lowest BCUT2D eigenvalue weighted by Crippen LogP contribution is -2.30. The quantitative estimate of drug-likeness (QED) is 0.505. The molecule has 5 rings (SSSR count). The summed E-state index contributed by atoms with van der Waals surface area (Å²) in [4.78, 5) is 15.8. The lowest BCUT2D eigenvalue weighted by molar-refractivity contribution is -0.123. The number of benzene rings is 2. The molecule has 0 saturated carbocycles. The summed E-state index contributed by atoms with van der Waals surface area (Å²) in [6.45, 7) is 2.72. The van der Waals surface area contributed by atoms with Crippen molar-refractivity contribution in [3.63, 3.8) is 0 Å². The highest BCUT2D eigenvalue weighted by Gasteiger charge is 2.15. The molecule has 32 heavy (non-hydrogen) atoms. The van der Waals surface area contributed by atoms with Crippen molar-refractivity contribution in [2.24, 2.45) is 5.73 Å². The predicted molar refractivity (Wildman–Crippen MR) is 118 cm³/mol. The Morgan fingerprint density at radius 1 is 1.09 bits per heavy atom. The molecule has 1 unspecified atom stereocenters. The minimum absolute atomic E-state index is 0.503. The molecule has 0 saturated heterocycles. The van der Waals surface area contributed by atoms with Gasteiger partial charge in [-0.05, 0) is 55.0 Å². The van der Waals surface area contributed by atoms with Crippen molar-refractivity contribution >= 4 is 11.6 Å². The molecule has 2 aromatic carbocycles. The number of fused-ring (bicyclic) bond motifs is 2. The van der Waals surface area contributed by atoms with Crippen LogP contribution in [0, 0.1) is 0 Å². The van der Waals surface area contributed by atoms with Gasteiger partial charge < -0.3 is 19.9 Å². The average molecular weight is 430 g/mol. The topological polar surface area (TPSA) is 101 Å². The second-order valence-electron chi connectivity index (χ2n) is 7.55. The molecule has 0 radical (unpaired) electrons. The predicted octanol–water partition coefficient (Wildman–Crippen LogP) is 3.01. The third-order valence-electron chi connectivity index (χ3n) is 5.24. The molecule has 8 heteroatoms. The molecule has 3 heterocycles. The standard InChI is InChI=1S/C24H22N4O4/c1-15(24(25)29)32-18-8-5-16(6-9-18)13-22-26-23-4-2-3-19(28(23)27-22)17-7-10-20-21(14-17)31-12-11-30-20/h2-10,14-15H,11-13H2,1H3,(H2,25,29). The first-order valence-corrected chi connectivity index (χ1v) is 10.4. The summed E-state index contributed by atoms with van der Waals surface area (Å²) in [6.07, 6.45) is -0.117. The van der Waals surface area contributed by atoms with Crippen molar-refractivity contribution in [3.05, 3.63) is 72.1 Å². The molecule has 162 valence electrons. The van der Waals surface area contributed by atoms with Crippen LogP contribution in [0.25, 0.3) is 16.9 Å². The van der Waals surface area contributed by atoms with E-state index < -0.39 is 12.0 Å². The summed E-state index contributed by atoms with van der Waals surface area (Å²) in [5.41, 5.74) is 8.93. The molecular weight excluding hydrogens is 408 g/mol. The van der Waals surface area contributed by atoms with Crippen LogP contribution in [0.2, 0.25) is 0 Å². The lowest BCUT2D eigenvalue weighted by Gasteiger charge is -2.19. The van der Waals surface area contributed by atoms with Crippen LogP contribution in [0.4, 0.5) is 0 Å². The minimum atomic E-state index is -0.681. The molecule has 8 nitrogen and oxygen atoms in total. The van der Waals surface area contributed by atoms with E-state index in [1.165, 1.54) is 0 Å². The second kappa shape index (κ2) is 8.22. The maximum Gasteiger partial charge on any atom is 0.258 e. The van der Waals surface area contributed by atoms with Crippen molar-refractivity contribution in [3.8, 4) is 28.5 Å². The van der Waals surface area contributed by atoms with Crippen molar-refractivity contribution in [1.29, 1.82) is 0 Å². The van der Waals surface area contributed by atoms with E-state index >= 15 is 0 Å². The molecule has 0 spiro atoms. The van der Waals surface area contributed by atoms with Crippen LogP contribution in [-0.2, 0) is 11.2 Å². The average Bonchev–Trinajstić information content (AvgIpc) is 3.22. The van der Waals surface area contributed by atoms with E-state index in [0.717, 1.165) is 34.0 Å². The van der Waals surface area contributed by atoms with Crippen LogP contribution in [0.1, 0.15) is 18.3 Å². The number of nitrogens with two attached hydrogens (primary N) is 1. The number of hydrogen-bond donors (Lipinski definition) is 1. The van der Waals surface area contributed by atoms with Gasteiger partial charge in [-0.3, -0.25) is 4.79 Å². The Bertz CT molecular complexity index is 1280. The molecule has 2 aromatic heterocycles. The summed E-state index contributed by atoms with van der Waals surface area (Å²) in [6, 6.07) is 19.3. The Kier molecular flexibility index (Phi) is 5.10. The second-order valence-corrected chi connectivity index (χ2v) is 7.55. The highest BCUT2D eigenvalue weighted by Crippen LogP contribution is 2.34. The number of hydrogen-bond acceptors (Lipinski definition) is 6. The van der Waals surface area contributed by atoms with Gasteiger partial charge in [0.1, 0.15) is 19.0 Å². The van der Waals surface area contributed by atoms with Crippen molar-refractivity contribution in [1.82, 2.24) is 14.6 Å². The SMILES string of the molecule is CC(Oc1ccc(Cc2nc3cccc(-c4ccc5c(c4)OCCO5)n3n2)cc1)C(N)=O. The third-order valence-corrected chi connectivity index (χ3v) is 5.24. The van der Waals surface area contributed by atoms with Gasteiger partial charge in [0, 0.05) is 12.0 Å². The van der Waals surface area contributed by atoms with Gasteiger partial charge in [0.15, 0.2) is 29.1 Å². The molecule has 4 aromatic rings. The smallest absolute Gasteiger partial charge is 0.258 e. The van der Waals surface area contributed by atoms with E-state index in [4.69, 9.17) is 25.0 Å². The van der Waals surface area contributed by atoms with Gasteiger partial charge >= 0.3 is 0 Å². The number of ether oxygens (including phenoxy) is 3. The Morgan fingerprint density at radius 3 is 2.66 bits per heavy atom. The summed E-state index contributed by atoms with van der Waals surface area (Å²) in [5, 5.41) is 4.73. The normalized spacial score (nSPS) is 13.7. The highest BCUT2D eigenvalue weighted by molar-refractivity contribution is 5.78. The lowest BCUT2D eigenvalue weighted by atomic mass is 10.1. The van der Waals surface area contributed by atoms with Crippen molar-refractivity contribution in [2.45, 2.75) is 19.4 Å². The third kappa shape index (κ3) is 3.94. The summed E-state index contributed by atoms with van der Waals surface area (Å²) in [7, 11) is 0. The Labute approximate surface area is 184 Å². The Morgan fingerprint density at radius 2 is 1.88 bits per heavy atom. The molecule has 1 aliphatic heterocycles. The van der Waals surface area contributed by atoms with E-state index in [2.05, 4.69) is 4.98 Å². The van der Waals surface area contributed by atoms with Gasteiger partial charge in [0.25, 0.3) is 5.91 Å². The fourth-order valence-electron chi connectivity index (χ4n) is 3.58. The van der Waals surface area contributed by atoms with Crippen LogP contribution in [0.15, 0.2) is 60.7 Å². The Hall–Kier alpha value is -4.07. The zero-order valence-electron chi connectivity index (χ0n) is 17.5. The molecule has 0 fully saturated rings. The van der Waals surface area contributed by atoms with E-state index in [-0.39, 0.29) is 0 Å². The maximum atomic E-state index is 11.2. The molecular formula is C24H22N4O4. The molecule has 0 aliphatic carbocycles. The van der Waals surface area contributed by atoms with Gasteiger partial charge in [0.2, 0.25) is 0 Å². The van der Waals surface area contributed by atoms with Gasteiger partial charge in [-0.2, -0.15) is 5.10 Å². The largest absolute Gasteiger partial charge is 0.486 e. The maximum absolute atomic E-state index is 11.2. The molecule has 1 amide bonds. The minimum Gasteiger partial charge on any atom is -0.486 e. The summed E-state index contributed by atoms with van der Waals surface area (Å²) < 4.78 is 18.7. The van der Waals surface area contributed by atoms with Gasteiger partial charge in [-0.1, -0.05) is 18.2 Å². The van der Waals surface area contributed by atoms with Crippen molar-refractivity contribution < 1.29 is 19.0 Å². The van der Waals surface area contributed by atoms with Gasteiger partial charge in [-0.25, -0.2) is 9.50 Å². The summed E-state index contributed by atoms with van der Waals surface area (Å²) in [5.74, 6) is 2.28. The van der Waals surface area contributed by atoms with Gasteiger partial charge in [-0.15, -0.1) is 0 Å². The van der Waals surface area contributed by atoms with E-state index in [9.17, 15) is 4.79 Å². The van der Waals surface area contributed by atoms with Crippen LogP contribution >= 0.6 is 0 Å². The molecule has 1 atom stereocenters. The first-order chi connectivity index (χ1) is 15.6. The number of pyridine rings is 1. The van der Waals surface area contributed by atoms with Crippen LogP contribution in [0.5, 0.6) is 17.2 Å². The molecule has 2 N–H and O–H groups in total. The summed E-state index contributed by atoms with van der Waals surface area (Å²) >= 11 is 0. The number of primary amides is 1. The van der Waals surface area contributed by atoms with E-state index in [1.54, 1.807) is 6.92 Å². The van der Waals surface area contributed by atoms with Gasteiger partial charge in [0.05, 0.1) is 5.69 Å². The number of nitrogens with zero attached hydrogens (tertiary/aromatic N) is 3. The van der Waals surface area contributed by atoms with E-state index in [0.29, 0.717) is 31.2 Å². The molecule has 1 aliphatic rings. The number of amides is 1.